The number of nitrogens with one attached hydrogen (secondary N) is 1. The number of hydrogen-bond acceptors (Lipinski definition) is 6. The van der Waals surface area contributed by atoms with E-state index in [0.717, 1.165) is 0 Å². The number of aryl methyl sites for hydroxylation is 1. The number of carbonyl (C=O) groups excluding carboxylic acids is 3. The van der Waals surface area contributed by atoms with E-state index in [1.54, 1.807) is 55.1 Å². The Morgan fingerprint density at radius 3 is 2.28 bits per heavy atom. The lowest BCUT2D eigenvalue weighted by Gasteiger charge is -2.34. The highest BCUT2D eigenvalue weighted by molar-refractivity contribution is 6.11. The number of nitro benzene ring substituents is 1. The minimum absolute atomic E-state index is 0.0831. The molecule has 1 aliphatic rings. The topological polar surface area (TPSA) is 122 Å². The van der Waals surface area contributed by atoms with Crippen LogP contribution in [-0.2, 0) is 4.74 Å². The van der Waals surface area contributed by atoms with Gasteiger partial charge in [-0.25, -0.2) is 4.79 Å². The monoisotopic (exact) mass is 440 g/mol. The van der Waals surface area contributed by atoms with Crippen LogP contribution in [-0.4, -0.2) is 65.4 Å². The van der Waals surface area contributed by atoms with Gasteiger partial charge >= 0.3 is 6.09 Å². The van der Waals surface area contributed by atoms with E-state index < -0.39 is 16.9 Å². The molecule has 0 aromatic heterocycles. The summed E-state index contributed by atoms with van der Waals surface area (Å²) in [7, 11) is 0. The number of para-hydroxylation sites is 2. The molecule has 10 heteroatoms. The number of rotatable bonds is 5. The quantitative estimate of drug-likeness (QED) is 0.563. The van der Waals surface area contributed by atoms with Crippen molar-refractivity contribution in [3.05, 3.63) is 69.3 Å². The molecule has 0 radical (unpaired) electrons. The molecule has 0 atom stereocenters. The Morgan fingerprint density at radius 2 is 1.62 bits per heavy atom. The van der Waals surface area contributed by atoms with E-state index >= 15 is 0 Å². The summed E-state index contributed by atoms with van der Waals surface area (Å²) in [6.45, 7) is 4.90. The lowest BCUT2D eigenvalue weighted by molar-refractivity contribution is -0.385. The van der Waals surface area contributed by atoms with Gasteiger partial charge in [-0.1, -0.05) is 24.3 Å². The average Bonchev–Trinajstić information content (AvgIpc) is 2.78. The second-order valence-electron chi connectivity index (χ2n) is 7.21. The molecule has 0 spiro atoms. The number of anilines is 1. The molecule has 168 valence electrons. The van der Waals surface area contributed by atoms with Gasteiger partial charge in [0, 0.05) is 31.7 Å². The summed E-state index contributed by atoms with van der Waals surface area (Å²) in [5.74, 6) is -0.976. The Kier molecular flexibility index (Phi) is 7.04. The maximum atomic E-state index is 13.1. The van der Waals surface area contributed by atoms with E-state index in [4.69, 9.17) is 4.74 Å². The third-order valence-electron chi connectivity index (χ3n) is 5.16. The Balaban J connectivity index is 1.77. The van der Waals surface area contributed by atoms with Crippen molar-refractivity contribution in [1.82, 2.24) is 9.80 Å². The Morgan fingerprint density at radius 1 is 1.00 bits per heavy atom. The molecule has 1 N–H and O–H groups in total. The van der Waals surface area contributed by atoms with E-state index in [2.05, 4.69) is 5.32 Å². The fraction of sp³-hybridized carbons (Fsp3) is 0.318. The smallest absolute Gasteiger partial charge is 0.409 e. The highest BCUT2D eigenvalue weighted by atomic mass is 16.6. The van der Waals surface area contributed by atoms with Crippen molar-refractivity contribution in [2.24, 2.45) is 0 Å². The molecule has 2 aromatic rings. The van der Waals surface area contributed by atoms with Gasteiger partial charge in [0.25, 0.3) is 17.5 Å². The van der Waals surface area contributed by atoms with Crippen LogP contribution in [0.5, 0.6) is 0 Å². The predicted octanol–water partition coefficient (Wildman–Crippen LogP) is 3.07. The molecule has 0 aliphatic carbocycles. The maximum Gasteiger partial charge on any atom is 0.409 e. The molecule has 32 heavy (non-hydrogen) atoms. The van der Waals surface area contributed by atoms with Crippen molar-refractivity contribution in [2.75, 3.05) is 38.1 Å². The summed E-state index contributed by atoms with van der Waals surface area (Å²) in [5, 5.41) is 14.1. The van der Waals surface area contributed by atoms with Gasteiger partial charge in [-0.2, -0.15) is 0 Å². The molecule has 2 aromatic carbocycles. The van der Waals surface area contributed by atoms with Crippen molar-refractivity contribution in [1.29, 1.82) is 0 Å². The summed E-state index contributed by atoms with van der Waals surface area (Å²) in [4.78, 5) is 51.7. The highest BCUT2D eigenvalue weighted by Crippen LogP contribution is 2.25. The van der Waals surface area contributed by atoms with Crippen LogP contribution in [0.15, 0.2) is 42.5 Å². The van der Waals surface area contributed by atoms with E-state index in [9.17, 15) is 24.5 Å². The summed E-state index contributed by atoms with van der Waals surface area (Å²) in [6, 6.07) is 11.0. The molecule has 3 amide bonds. The Hall–Kier alpha value is -3.95. The van der Waals surface area contributed by atoms with Gasteiger partial charge in [0.2, 0.25) is 0 Å². The van der Waals surface area contributed by atoms with Gasteiger partial charge in [-0.3, -0.25) is 19.7 Å². The van der Waals surface area contributed by atoms with Crippen LogP contribution in [0.4, 0.5) is 16.2 Å². The minimum Gasteiger partial charge on any atom is -0.450 e. The number of benzene rings is 2. The first-order chi connectivity index (χ1) is 15.3. The number of hydrogen-bond donors (Lipinski definition) is 1. The first kappa shape index (κ1) is 22.7. The van der Waals surface area contributed by atoms with Crippen molar-refractivity contribution in [2.45, 2.75) is 13.8 Å². The molecule has 0 unspecified atom stereocenters. The van der Waals surface area contributed by atoms with E-state index in [0.29, 0.717) is 31.7 Å². The Bertz CT molecular complexity index is 1050. The lowest BCUT2D eigenvalue weighted by atomic mass is 10.1. The van der Waals surface area contributed by atoms with Crippen LogP contribution in [0.25, 0.3) is 0 Å². The summed E-state index contributed by atoms with van der Waals surface area (Å²) in [6.07, 6.45) is -0.410. The van der Waals surface area contributed by atoms with Crippen molar-refractivity contribution in [3.8, 4) is 0 Å². The second kappa shape index (κ2) is 9.90. The first-order valence-electron chi connectivity index (χ1n) is 10.2. The Labute approximate surface area is 184 Å². The SMILES string of the molecule is CCOC(=O)N1CCN(C(=O)c2ccccc2NC(=O)c2cccc(C)c2[N+](=O)[O-])CC1. The number of ether oxygens (including phenoxy) is 1. The summed E-state index contributed by atoms with van der Waals surface area (Å²) in [5.41, 5.74) is 0.530. The predicted molar refractivity (Wildman–Crippen MR) is 117 cm³/mol. The molecule has 1 saturated heterocycles. The normalized spacial score (nSPS) is 13.4. The van der Waals surface area contributed by atoms with Gasteiger partial charge in [0.05, 0.1) is 22.8 Å². The molecule has 10 nitrogen and oxygen atoms in total. The number of carbonyl (C=O) groups is 3. The van der Waals surface area contributed by atoms with Crippen molar-refractivity contribution in [3.63, 3.8) is 0 Å². The van der Waals surface area contributed by atoms with E-state index in [1.165, 1.54) is 11.0 Å². The molecule has 3 rings (SSSR count). The van der Waals surface area contributed by atoms with Crippen LogP contribution in [0.1, 0.15) is 33.2 Å². The van der Waals surface area contributed by atoms with Gasteiger partial charge in [-0.05, 0) is 32.0 Å². The summed E-state index contributed by atoms with van der Waals surface area (Å²) < 4.78 is 4.99. The third-order valence-corrected chi connectivity index (χ3v) is 5.16. The van der Waals surface area contributed by atoms with Crippen LogP contribution >= 0.6 is 0 Å². The van der Waals surface area contributed by atoms with Crippen LogP contribution in [0, 0.1) is 17.0 Å². The number of nitrogens with zero attached hydrogens (tertiary/aromatic N) is 3. The van der Waals surface area contributed by atoms with Crippen LogP contribution in [0.2, 0.25) is 0 Å². The molecule has 0 saturated carbocycles. The van der Waals surface area contributed by atoms with Gasteiger partial charge in [0.1, 0.15) is 5.56 Å². The van der Waals surface area contributed by atoms with Crippen LogP contribution in [0.3, 0.4) is 0 Å². The fourth-order valence-electron chi connectivity index (χ4n) is 3.53. The van der Waals surface area contributed by atoms with Crippen LogP contribution < -0.4 is 5.32 Å². The van der Waals surface area contributed by atoms with E-state index in [-0.39, 0.29) is 35.0 Å². The molecular formula is C22H24N4O6. The molecule has 1 fully saturated rings. The molecule has 1 aliphatic heterocycles. The number of amides is 3. The zero-order valence-corrected chi connectivity index (χ0v) is 17.9. The molecule has 1 heterocycles. The minimum atomic E-state index is -0.673. The second-order valence-corrected chi connectivity index (χ2v) is 7.21. The summed E-state index contributed by atoms with van der Waals surface area (Å²) >= 11 is 0. The van der Waals surface area contributed by atoms with E-state index in [1.807, 2.05) is 0 Å². The first-order valence-corrected chi connectivity index (χ1v) is 10.2. The fourth-order valence-corrected chi connectivity index (χ4v) is 3.53. The molecular weight excluding hydrogens is 416 g/mol. The maximum absolute atomic E-state index is 13.1. The van der Waals surface area contributed by atoms with Gasteiger partial charge in [0.15, 0.2) is 0 Å². The van der Waals surface area contributed by atoms with Gasteiger partial charge in [-0.15, -0.1) is 0 Å². The highest BCUT2D eigenvalue weighted by Gasteiger charge is 2.28. The van der Waals surface area contributed by atoms with Gasteiger partial charge < -0.3 is 19.9 Å². The standard InChI is InChI=1S/C22H24N4O6/c1-3-32-22(29)25-13-11-24(12-14-25)21(28)16-8-4-5-10-18(16)23-20(27)17-9-6-7-15(2)19(17)26(30)31/h4-10H,3,11-14H2,1-2H3,(H,23,27). The zero-order valence-electron chi connectivity index (χ0n) is 17.9. The van der Waals surface area contributed by atoms with Crippen molar-refractivity contribution < 1.29 is 24.0 Å². The average molecular weight is 440 g/mol. The van der Waals surface area contributed by atoms with Crippen molar-refractivity contribution >= 4 is 29.3 Å². The third kappa shape index (κ3) is 4.85. The zero-order chi connectivity index (χ0) is 23.3. The number of piperazine rings is 1. The molecule has 0 bridgehead atoms. The largest absolute Gasteiger partial charge is 0.450 e. The number of nitro groups is 1. The lowest BCUT2D eigenvalue weighted by Crippen LogP contribution is -2.50.